The van der Waals surface area contributed by atoms with Gasteiger partial charge in [-0.05, 0) is 109 Å². The molecule has 0 saturated heterocycles. The molecule has 0 spiro atoms. The summed E-state index contributed by atoms with van der Waals surface area (Å²) in [5.41, 5.74) is 0. The Bertz CT molecular complexity index is 763. The monoisotopic (exact) mass is 733 g/mol. The van der Waals surface area contributed by atoms with E-state index in [2.05, 4.69) is 31.9 Å². The molecule has 0 rings (SSSR count). The summed E-state index contributed by atoms with van der Waals surface area (Å²) in [6.45, 7) is 34.9. The molecule has 0 aromatic carbocycles. The van der Waals surface area contributed by atoms with Crippen molar-refractivity contribution in [1.29, 1.82) is 0 Å². The van der Waals surface area contributed by atoms with Gasteiger partial charge in [0.25, 0.3) is 0 Å². The number of hydrogen-bond donors (Lipinski definition) is 6. The Labute approximate surface area is 314 Å². The van der Waals surface area contributed by atoms with Crippen LogP contribution in [0.2, 0.25) is 0 Å². The minimum atomic E-state index is 0.0370. The lowest BCUT2D eigenvalue weighted by molar-refractivity contribution is -0.122. The molecule has 0 radical (unpaired) electrons. The topological polar surface area (TPSA) is 175 Å². The van der Waals surface area contributed by atoms with E-state index in [4.69, 9.17) is 0 Å². The van der Waals surface area contributed by atoms with Crippen molar-refractivity contribution in [3.63, 3.8) is 0 Å². The van der Waals surface area contributed by atoms with Crippen molar-refractivity contribution in [3.05, 3.63) is 0 Å². The molecule has 0 fully saturated rings. The van der Waals surface area contributed by atoms with Crippen molar-refractivity contribution in [2.75, 3.05) is 0 Å². The number of rotatable bonds is 15. The second kappa shape index (κ2) is 43.0. The van der Waals surface area contributed by atoms with Crippen LogP contribution >= 0.6 is 0 Å². The summed E-state index contributed by atoms with van der Waals surface area (Å²) in [5.74, 6) is 0.801. The van der Waals surface area contributed by atoms with E-state index >= 15 is 0 Å². The van der Waals surface area contributed by atoms with Crippen LogP contribution in [0.1, 0.15) is 182 Å². The third-order valence-electron chi connectivity index (χ3n) is 4.97. The predicted molar refractivity (Wildman–Crippen MR) is 215 cm³/mol. The van der Waals surface area contributed by atoms with E-state index in [1.54, 1.807) is 0 Å². The molecule has 12 nitrogen and oxygen atoms in total. The number of amides is 6. The lowest BCUT2D eigenvalue weighted by atomic mass is 10.3. The second-order valence-corrected chi connectivity index (χ2v) is 13.8. The minimum Gasteiger partial charge on any atom is -0.354 e. The zero-order valence-electron chi connectivity index (χ0n) is 36.3. The summed E-state index contributed by atoms with van der Waals surface area (Å²) in [5, 5.41) is 16.6. The zero-order chi connectivity index (χ0) is 41.5. The van der Waals surface area contributed by atoms with Gasteiger partial charge in [0.15, 0.2) is 0 Å². The molecule has 12 heteroatoms. The molecule has 0 saturated carbocycles. The van der Waals surface area contributed by atoms with Gasteiger partial charge in [0.2, 0.25) is 35.4 Å². The Hall–Kier alpha value is -3.18. The molecule has 0 unspecified atom stereocenters. The maximum absolute atomic E-state index is 10.7. The fourth-order valence-corrected chi connectivity index (χ4v) is 3.32. The van der Waals surface area contributed by atoms with Crippen LogP contribution in [0.3, 0.4) is 0 Å². The first-order valence-electron chi connectivity index (χ1n) is 19.2. The molecule has 0 aliphatic heterocycles. The molecule has 0 bridgehead atoms. The maximum Gasteiger partial charge on any atom is 0.220 e. The lowest BCUT2D eigenvalue weighted by Crippen LogP contribution is -2.29. The van der Waals surface area contributed by atoms with Crippen molar-refractivity contribution < 1.29 is 28.8 Å². The standard InChI is InChI=1S/4C7H15NO.C6H13NO.C5H11NO/c4*1-4-5-7(9)8-6(2)3;1-4-6(8)7-5(2)3;1-4(2)6-5(3)7/h4*6H,4-5H2,1-3H3,(H,8,9);5H,4H2,1-3H3,(H,7,8);4H,1-3H3,(H,6,7). The molecular weight excluding hydrogens is 648 g/mol. The molecule has 0 atom stereocenters. The molecule has 51 heavy (non-hydrogen) atoms. The van der Waals surface area contributed by atoms with E-state index < -0.39 is 0 Å². The van der Waals surface area contributed by atoms with Crippen molar-refractivity contribution >= 4 is 35.4 Å². The molecule has 6 amide bonds. The van der Waals surface area contributed by atoms with Gasteiger partial charge in [0, 0.05) is 75.3 Å². The molecule has 0 aromatic heterocycles. The second-order valence-electron chi connectivity index (χ2n) is 13.8. The van der Waals surface area contributed by atoms with Gasteiger partial charge in [-0.3, -0.25) is 28.8 Å². The van der Waals surface area contributed by atoms with E-state index in [1.165, 1.54) is 6.92 Å². The highest BCUT2D eigenvalue weighted by Gasteiger charge is 2.01. The summed E-state index contributed by atoms with van der Waals surface area (Å²) in [6, 6.07) is 1.68. The molecule has 0 heterocycles. The van der Waals surface area contributed by atoms with Crippen molar-refractivity contribution in [2.24, 2.45) is 0 Å². The molecule has 0 aliphatic carbocycles. The Balaban J connectivity index is -0.000000119. The van der Waals surface area contributed by atoms with E-state index in [0.29, 0.717) is 32.1 Å². The Morgan fingerprint density at radius 3 is 0.588 bits per heavy atom. The van der Waals surface area contributed by atoms with Crippen molar-refractivity contribution in [1.82, 2.24) is 31.9 Å². The number of nitrogens with one attached hydrogen (secondary N) is 6. The highest BCUT2D eigenvalue weighted by molar-refractivity contribution is 5.77. The van der Waals surface area contributed by atoms with Gasteiger partial charge < -0.3 is 31.9 Å². The van der Waals surface area contributed by atoms with Gasteiger partial charge in [-0.25, -0.2) is 0 Å². The fourth-order valence-electron chi connectivity index (χ4n) is 3.32. The summed E-state index contributed by atoms with van der Waals surface area (Å²) in [7, 11) is 0. The number of carbonyl (C=O) groups is 6. The van der Waals surface area contributed by atoms with Crippen LogP contribution in [-0.2, 0) is 28.8 Å². The highest BCUT2D eigenvalue weighted by atomic mass is 16.2. The average Bonchev–Trinajstić information content (AvgIpc) is 2.92. The van der Waals surface area contributed by atoms with Gasteiger partial charge in [0.1, 0.15) is 0 Å². The van der Waals surface area contributed by atoms with E-state index in [-0.39, 0.29) is 71.7 Å². The third-order valence-corrected chi connectivity index (χ3v) is 4.97. The summed E-state index contributed by atoms with van der Waals surface area (Å²) in [6.07, 6.45) is 6.90. The zero-order valence-corrected chi connectivity index (χ0v) is 36.3. The van der Waals surface area contributed by atoms with Crippen LogP contribution < -0.4 is 31.9 Å². The van der Waals surface area contributed by atoms with Gasteiger partial charge in [-0.1, -0.05) is 34.6 Å². The van der Waals surface area contributed by atoms with Crippen LogP contribution in [0.25, 0.3) is 0 Å². The highest BCUT2D eigenvalue weighted by Crippen LogP contribution is 1.89. The van der Waals surface area contributed by atoms with Gasteiger partial charge in [-0.15, -0.1) is 0 Å². The Morgan fingerprint density at radius 2 is 0.510 bits per heavy atom. The number of hydrogen-bond acceptors (Lipinski definition) is 6. The molecule has 0 aliphatic rings. The first-order valence-corrected chi connectivity index (χ1v) is 19.2. The first kappa shape index (κ1) is 59.9. The van der Waals surface area contributed by atoms with Gasteiger partial charge in [0.05, 0.1) is 0 Å². The Kier molecular flexibility index (Phi) is 50.5. The van der Waals surface area contributed by atoms with Crippen molar-refractivity contribution in [3.8, 4) is 0 Å². The maximum atomic E-state index is 10.7. The van der Waals surface area contributed by atoms with Gasteiger partial charge >= 0.3 is 0 Å². The SMILES string of the molecule is CC(=O)NC(C)C.CCC(=O)NC(C)C.CCCC(=O)NC(C)C.CCCC(=O)NC(C)C.CCCC(=O)NC(C)C.CCCC(=O)NC(C)C. The summed E-state index contributed by atoms with van der Waals surface area (Å²) in [4.78, 5) is 63.6. The largest absolute Gasteiger partial charge is 0.354 e. The smallest absolute Gasteiger partial charge is 0.220 e. The summed E-state index contributed by atoms with van der Waals surface area (Å²) < 4.78 is 0. The van der Waals surface area contributed by atoms with Crippen LogP contribution in [0.5, 0.6) is 0 Å². The lowest BCUT2D eigenvalue weighted by Gasteiger charge is -2.05. The van der Waals surface area contributed by atoms with Crippen LogP contribution in [0, 0.1) is 0 Å². The van der Waals surface area contributed by atoms with Crippen LogP contribution in [0.4, 0.5) is 0 Å². The average molecular weight is 733 g/mol. The van der Waals surface area contributed by atoms with E-state index in [9.17, 15) is 28.8 Å². The van der Waals surface area contributed by atoms with Gasteiger partial charge in [-0.2, -0.15) is 0 Å². The predicted octanol–water partition coefficient (Wildman–Crippen LogP) is 6.70. The van der Waals surface area contributed by atoms with E-state index in [0.717, 1.165) is 25.7 Å². The van der Waals surface area contributed by atoms with Crippen LogP contribution in [-0.4, -0.2) is 71.7 Å². The molecule has 306 valence electrons. The molecule has 6 N–H and O–H groups in total. The number of carbonyl (C=O) groups excluding carboxylic acids is 6. The molecule has 0 aromatic rings. The van der Waals surface area contributed by atoms with Crippen LogP contribution in [0.15, 0.2) is 0 Å². The fraction of sp³-hybridized carbons (Fsp3) is 0.846. The van der Waals surface area contributed by atoms with Crippen molar-refractivity contribution in [2.45, 2.75) is 219 Å². The minimum absolute atomic E-state index is 0.0370. The first-order chi connectivity index (χ1) is 23.4. The third kappa shape index (κ3) is 77.6. The van der Waals surface area contributed by atoms with E-state index in [1.807, 2.05) is 118 Å². The summed E-state index contributed by atoms with van der Waals surface area (Å²) >= 11 is 0. The Morgan fingerprint density at radius 1 is 0.333 bits per heavy atom. The quantitative estimate of drug-likeness (QED) is 0.109. The normalized spacial score (nSPS) is 9.65. The molecular formula is C39H84N6O6.